The lowest BCUT2D eigenvalue weighted by atomic mass is 9.89. The van der Waals surface area contributed by atoms with Gasteiger partial charge in [0.1, 0.15) is 5.82 Å². The first-order chi connectivity index (χ1) is 13.9. The quantitative estimate of drug-likeness (QED) is 0.698. The van der Waals surface area contributed by atoms with Gasteiger partial charge in [0.2, 0.25) is 17.8 Å². The van der Waals surface area contributed by atoms with Crippen molar-refractivity contribution in [3.63, 3.8) is 0 Å². The fraction of sp³-hybridized carbons (Fsp3) is 0.174. The van der Waals surface area contributed by atoms with Gasteiger partial charge in [-0.1, -0.05) is 24.3 Å². The maximum atomic E-state index is 13.6. The third kappa shape index (κ3) is 3.16. The zero-order valence-corrected chi connectivity index (χ0v) is 16.2. The van der Waals surface area contributed by atoms with Crippen LogP contribution in [0.5, 0.6) is 0 Å². The number of nitrogens with one attached hydrogen (secondary N) is 1. The van der Waals surface area contributed by atoms with Crippen LogP contribution in [0.2, 0.25) is 0 Å². The van der Waals surface area contributed by atoms with Crippen LogP contribution in [-0.4, -0.2) is 11.8 Å². The number of hydrogen-bond donors (Lipinski definition) is 1. The summed E-state index contributed by atoms with van der Waals surface area (Å²) >= 11 is 0. The van der Waals surface area contributed by atoms with Crippen LogP contribution in [-0.2, 0) is 21.7 Å². The number of rotatable bonds is 3. The molecule has 0 radical (unpaired) electrons. The highest BCUT2D eigenvalue weighted by Gasteiger charge is 2.54. The van der Waals surface area contributed by atoms with E-state index in [1.165, 1.54) is 29.2 Å². The molecule has 1 N–H and O–H groups in total. The maximum Gasteiger partial charge on any atom is 0.294 e. The molecule has 0 unspecified atom stereocenters. The monoisotopic (exact) mass is 390 g/mol. The van der Waals surface area contributed by atoms with Crippen LogP contribution < -0.4 is 14.8 Å². The summed E-state index contributed by atoms with van der Waals surface area (Å²) in [4.78, 5) is 28.2. The molecule has 1 atom stereocenters. The molecule has 0 saturated carbocycles. The molecule has 5 nitrogen and oxygen atoms in total. The van der Waals surface area contributed by atoms with Gasteiger partial charge in [-0.05, 0) is 49.7 Å². The fourth-order valence-corrected chi connectivity index (χ4v) is 3.80. The van der Waals surface area contributed by atoms with Gasteiger partial charge < -0.3 is 5.32 Å². The molecule has 1 aliphatic rings. The van der Waals surface area contributed by atoms with Crippen molar-refractivity contribution in [1.29, 1.82) is 0 Å². The lowest BCUT2D eigenvalue weighted by Gasteiger charge is -2.40. The van der Waals surface area contributed by atoms with Crippen molar-refractivity contribution < 1.29 is 18.5 Å². The van der Waals surface area contributed by atoms with Crippen molar-refractivity contribution in [3.8, 4) is 0 Å². The number of nitrogens with zero attached hydrogens (tertiary/aromatic N) is 2. The molecule has 1 aliphatic heterocycles. The minimum atomic E-state index is -1.32. The molecule has 0 saturated heterocycles. The Balaban J connectivity index is 1.86. The van der Waals surface area contributed by atoms with E-state index in [1.54, 1.807) is 17.7 Å². The normalized spacial score (nSPS) is 18.3. The molecule has 2 heterocycles. The van der Waals surface area contributed by atoms with Crippen LogP contribution >= 0.6 is 0 Å². The van der Waals surface area contributed by atoms with Gasteiger partial charge in [0.05, 0.1) is 0 Å². The lowest BCUT2D eigenvalue weighted by Crippen LogP contribution is -2.67. The molecule has 6 heteroatoms. The first-order valence-electron chi connectivity index (χ1n) is 9.36. The van der Waals surface area contributed by atoms with Gasteiger partial charge in [-0.2, -0.15) is 4.57 Å². The summed E-state index contributed by atoms with van der Waals surface area (Å²) in [6.45, 7) is 3.72. The van der Waals surface area contributed by atoms with Gasteiger partial charge in [-0.3, -0.25) is 14.5 Å². The Hall–Kier alpha value is -3.54. The van der Waals surface area contributed by atoms with Gasteiger partial charge >= 0.3 is 0 Å². The van der Waals surface area contributed by atoms with Gasteiger partial charge in [0.25, 0.3) is 11.8 Å². The SMILES string of the molecule is Cc1ccccc1NC(=O)[C@@]1(C)c2cccc[n+]2CC(=O)N1c1ccc(F)cc1. The number of hydrogen-bond acceptors (Lipinski definition) is 2. The predicted octanol–water partition coefficient (Wildman–Crippen LogP) is 3.32. The van der Waals surface area contributed by atoms with E-state index in [2.05, 4.69) is 5.32 Å². The summed E-state index contributed by atoms with van der Waals surface area (Å²) < 4.78 is 15.3. The van der Waals surface area contributed by atoms with E-state index in [0.29, 0.717) is 17.1 Å². The van der Waals surface area contributed by atoms with Crippen molar-refractivity contribution in [2.45, 2.75) is 25.9 Å². The molecule has 0 fully saturated rings. The van der Waals surface area contributed by atoms with Crippen LogP contribution in [0.25, 0.3) is 0 Å². The summed E-state index contributed by atoms with van der Waals surface area (Å²) in [5.74, 6) is -0.995. The number of aromatic nitrogens is 1. The summed E-state index contributed by atoms with van der Waals surface area (Å²) in [5, 5.41) is 2.97. The second kappa shape index (κ2) is 7.13. The van der Waals surface area contributed by atoms with Crippen molar-refractivity contribution >= 4 is 23.2 Å². The van der Waals surface area contributed by atoms with Crippen molar-refractivity contribution in [1.82, 2.24) is 0 Å². The number of aryl methyl sites for hydroxylation is 1. The Kier molecular flexibility index (Phi) is 4.62. The smallest absolute Gasteiger partial charge is 0.294 e. The van der Waals surface area contributed by atoms with Gasteiger partial charge in [0, 0.05) is 23.5 Å². The summed E-state index contributed by atoms with van der Waals surface area (Å²) in [5.41, 5.74) is 1.42. The molecular formula is C23H21FN3O2+. The molecule has 29 heavy (non-hydrogen) atoms. The molecule has 4 rings (SSSR count). The number of fused-ring (bicyclic) bond motifs is 1. The summed E-state index contributed by atoms with van der Waals surface area (Å²) in [6, 6.07) is 18.6. The highest BCUT2D eigenvalue weighted by atomic mass is 19.1. The van der Waals surface area contributed by atoms with E-state index in [9.17, 15) is 14.0 Å². The standard InChI is InChI=1S/C23H20FN3O2/c1-16-7-3-4-8-19(16)25-22(29)23(2)20-9-5-6-14-26(20)15-21(28)27(23)18-12-10-17(24)11-13-18/h3-14H,15H2,1-2H3/p+1/t23-/m1/s1. The second-order valence-corrected chi connectivity index (χ2v) is 7.26. The van der Waals surface area contributed by atoms with E-state index in [0.717, 1.165) is 5.56 Å². The lowest BCUT2D eigenvalue weighted by molar-refractivity contribution is -0.697. The maximum absolute atomic E-state index is 13.6. The van der Waals surface area contributed by atoms with Gasteiger partial charge in [-0.15, -0.1) is 0 Å². The van der Waals surface area contributed by atoms with E-state index in [4.69, 9.17) is 0 Å². The second-order valence-electron chi connectivity index (χ2n) is 7.26. The van der Waals surface area contributed by atoms with E-state index in [1.807, 2.05) is 49.4 Å². The minimum absolute atomic E-state index is 0.0980. The fourth-order valence-electron chi connectivity index (χ4n) is 3.80. The molecule has 3 aromatic rings. The molecule has 2 amide bonds. The summed E-state index contributed by atoms with van der Waals surface area (Å²) in [6.07, 6.45) is 1.79. The van der Waals surface area contributed by atoms with Crippen LogP contribution in [0.3, 0.4) is 0 Å². The molecule has 2 aromatic carbocycles. The van der Waals surface area contributed by atoms with E-state index < -0.39 is 11.4 Å². The molecule has 146 valence electrons. The highest BCUT2D eigenvalue weighted by molar-refractivity contribution is 6.08. The van der Waals surface area contributed by atoms with E-state index in [-0.39, 0.29) is 18.4 Å². The Labute approximate surface area is 168 Å². The number of halogens is 1. The number of carbonyl (C=O) groups excluding carboxylic acids is 2. The number of amides is 2. The average molecular weight is 390 g/mol. The Bertz CT molecular complexity index is 1100. The zero-order valence-electron chi connectivity index (χ0n) is 16.2. The molecule has 0 spiro atoms. The van der Waals surface area contributed by atoms with Crippen molar-refractivity contribution in [3.05, 3.63) is 90.0 Å². The number of anilines is 2. The highest BCUT2D eigenvalue weighted by Crippen LogP contribution is 2.35. The number of carbonyl (C=O) groups is 2. The van der Waals surface area contributed by atoms with E-state index >= 15 is 0 Å². The number of pyridine rings is 1. The molecule has 0 bridgehead atoms. The minimum Gasteiger partial charge on any atom is -0.323 e. The summed E-state index contributed by atoms with van der Waals surface area (Å²) in [7, 11) is 0. The third-order valence-corrected chi connectivity index (χ3v) is 5.36. The average Bonchev–Trinajstić information content (AvgIpc) is 2.71. The zero-order chi connectivity index (χ0) is 20.6. The van der Waals surface area contributed by atoms with Gasteiger partial charge in [0.15, 0.2) is 6.20 Å². The van der Waals surface area contributed by atoms with Gasteiger partial charge in [-0.25, -0.2) is 4.39 Å². The van der Waals surface area contributed by atoms with Crippen LogP contribution in [0, 0.1) is 12.7 Å². The Morgan fingerprint density at radius 1 is 1.07 bits per heavy atom. The first kappa shape index (κ1) is 18.8. The van der Waals surface area contributed by atoms with Crippen molar-refractivity contribution in [2.24, 2.45) is 0 Å². The van der Waals surface area contributed by atoms with Crippen LogP contribution in [0.15, 0.2) is 72.9 Å². The van der Waals surface area contributed by atoms with Crippen LogP contribution in [0.4, 0.5) is 15.8 Å². The number of para-hydroxylation sites is 1. The predicted molar refractivity (Wildman–Crippen MR) is 108 cm³/mol. The van der Waals surface area contributed by atoms with Crippen molar-refractivity contribution in [2.75, 3.05) is 10.2 Å². The molecule has 1 aromatic heterocycles. The Morgan fingerprint density at radius 2 is 1.76 bits per heavy atom. The number of benzene rings is 2. The molecular weight excluding hydrogens is 369 g/mol. The van der Waals surface area contributed by atoms with Crippen LogP contribution in [0.1, 0.15) is 18.2 Å². The topological polar surface area (TPSA) is 53.3 Å². The Morgan fingerprint density at radius 3 is 2.48 bits per heavy atom. The first-order valence-corrected chi connectivity index (χ1v) is 9.36. The third-order valence-electron chi connectivity index (χ3n) is 5.36. The molecule has 0 aliphatic carbocycles. The largest absolute Gasteiger partial charge is 0.323 e.